The minimum Gasteiger partial charge on any atom is -0.322 e. The fraction of sp³-hybridized carbons (Fsp3) is 0.435. The van der Waals surface area contributed by atoms with Crippen LogP contribution in [0, 0.1) is 11.3 Å². The molecule has 2 aromatic rings. The number of quaternary nitrogens is 1. The fourth-order valence-electron chi connectivity index (χ4n) is 3.61. The van der Waals surface area contributed by atoms with Crippen molar-refractivity contribution in [2.24, 2.45) is 0 Å². The number of hydrogen-bond acceptors (Lipinski definition) is 1. The molecule has 0 aliphatic heterocycles. The van der Waals surface area contributed by atoms with Crippen molar-refractivity contribution in [1.82, 2.24) is 0 Å². The molecule has 2 aromatic carbocycles. The normalized spacial score (nSPS) is 12.4. The van der Waals surface area contributed by atoms with Gasteiger partial charge in [-0.15, -0.1) is 0 Å². The molecule has 0 spiro atoms. The van der Waals surface area contributed by atoms with Crippen molar-refractivity contribution in [1.29, 1.82) is 5.26 Å². The molecule has 2 nitrogen and oxygen atoms in total. The van der Waals surface area contributed by atoms with Gasteiger partial charge in [-0.1, -0.05) is 60.7 Å². The molecule has 0 aromatic heterocycles. The summed E-state index contributed by atoms with van der Waals surface area (Å²) in [7, 11) is 2.31. The third-order valence-corrected chi connectivity index (χ3v) is 6.05. The smallest absolute Gasteiger partial charge is 0.112 e. The Kier molecular flexibility index (Phi) is 6.03. The maximum atomic E-state index is 10.3. The summed E-state index contributed by atoms with van der Waals surface area (Å²) in [4.78, 5) is 0. The van der Waals surface area contributed by atoms with Crippen LogP contribution in [-0.2, 0) is 5.41 Å². The van der Waals surface area contributed by atoms with E-state index in [1.807, 2.05) is 36.4 Å². The van der Waals surface area contributed by atoms with Gasteiger partial charge in [-0.25, -0.2) is 0 Å². The van der Waals surface area contributed by atoms with Crippen molar-refractivity contribution in [2.75, 3.05) is 13.6 Å². The lowest BCUT2D eigenvalue weighted by Crippen LogP contribution is -2.56. The van der Waals surface area contributed by atoms with Gasteiger partial charge in [-0.05, 0) is 38.8 Å². The third kappa shape index (κ3) is 3.78. The van der Waals surface area contributed by atoms with Crippen molar-refractivity contribution >= 4 is 0 Å². The highest BCUT2D eigenvalue weighted by molar-refractivity contribution is 5.45. The summed E-state index contributed by atoms with van der Waals surface area (Å²) < 4.78 is 0.961. The Hall–Kier alpha value is -2.11. The molecule has 0 atom stereocenters. The topological polar surface area (TPSA) is 23.8 Å². The maximum Gasteiger partial charge on any atom is 0.112 e. The molecule has 0 saturated heterocycles. The monoisotopic (exact) mass is 335 g/mol. The Morgan fingerprint density at radius 1 is 0.840 bits per heavy atom. The van der Waals surface area contributed by atoms with Gasteiger partial charge in [0.1, 0.15) is 5.41 Å². The van der Waals surface area contributed by atoms with Gasteiger partial charge < -0.3 is 4.48 Å². The largest absolute Gasteiger partial charge is 0.322 e. The summed E-state index contributed by atoms with van der Waals surface area (Å²) in [6, 6.07) is 24.2. The number of nitrogens with zero attached hydrogens (tertiary/aromatic N) is 2. The van der Waals surface area contributed by atoms with E-state index < -0.39 is 5.41 Å². The summed E-state index contributed by atoms with van der Waals surface area (Å²) >= 11 is 0. The van der Waals surface area contributed by atoms with Crippen LogP contribution in [0.15, 0.2) is 60.7 Å². The number of benzene rings is 2. The Morgan fingerprint density at radius 2 is 1.24 bits per heavy atom. The van der Waals surface area contributed by atoms with Crippen LogP contribution in [0.2, 0.25) is 0 Å². The Labute approximate surface area is 153 Å². The van der Waals surface area contributed by atoms with Gasteiger partial charge in [0.05, 0.1) is 31.7 Å². The Balaban J connectivity index is 2.49. The maximum absolute atomic E-state index is 10.3. The highest BCUT2D eigenvalue weighted by Gasteiger charge is 2.39. The molecule has 25 heavy (non-hydrogen) atoms. The molecule has 0 amide bonds. The lowest BCUT2D eigenvalue weighted by molar-refractivity contribution is -0.949. The van der Waals surface area contributed by atoms with Gasteiger partial charge in [0.15, 0.2) is 0 Å². The summed E-state index contributed by atoms with van der Waals surface area (Å²) in [5.74, 6) is 0. The van der Waals surface area contributed by atoms with Gasteiger partial charge in [-0.3, -0.25) is 0 Å². The number of rotatable bonds is 7. The zero-order valence-electron chi connectivity index (χ0n) is 16.2. The molecule has 0 saturated carbocycles. The Bertz CT molecular complexity index is 648. The second-order valence-electron chi connectivity index (χ2n) is 7.76. The van der Waals surface area contributed by atoms with Gasteiger partial charge in [-0.2, -0.15) is 5.26 Å². The molecule has 2 heteroatoms. The highest BCUT2D eigenvalue weighted by atomic mass is 15.4. The highest BCUT2D eigenvalue weighted by Crippen LogP contribution is 2.36. The van der Waals surface area contributed by atoms with E-state index in [-0.39, 0.29) is 0 Å². The summed E-state index contributed by atoms with van der Waals surface area (Å²) in [5, 5.41) is 10.3. The van der Waals surface area contributed by atoms with Crippen molar-refractivity contribution in [3.8, 4) is 6.07 Å². The van der Waals surface area contributed by atoms with Crippen molar-refractivity contribution in [3.05, 3.63) is 71.8 Å². The molecule has 0 radical (unpaired) electrons. The first-order valence-corrected chi connectivity index (χ1v) is 9.24. The van der Waals surface area contributed by atoms with E-state index >= 15 is 0 Å². The molecule has 0 aliphatic carbocycles. The molecule has 0 aliphatic rings. The van der Waals surface area contributed by atoms with Gasteiger partial charge in [0, 0.05) is 6.42 Å². The average molecular weight is 336 g/mol. The zero-order valence-corrected chi connectivity index (χ0v) is 16.2. The van der Waals surface area contributed by atoms with Crippen LogP contribution < -0.4 is 0 Å². The van der Waals surface area contributed by atoms with Crippen molar-refractivity contribution in [2.45, 2.75) is 51.6 Å². The van der Waals surface area contributed by atoms with Gasteiger partial charge in [0.25, 0.3) is 0 Å². The number of hydrogen-bond donors (Lipinski definition) is 0. The van der Waals surface area contributed by atoms with Crippen LogP contribution in [0.4, 0.5) is 0 Å². The first-order valence-electron chi connectivity index (χ1n) is 9.24. The molecule has 0 fully saturated rings. The predicted octanol–water partition coefficient (Wildman–Crippen LogP) is 5.15. The summed E-state index contributed by atoms with van der Waals surface area (Å²) in [6.45, 7) is 10.1. The van der Waals surface area contributed by atoms with Crippen molar-refractivity contribution in [3.63, 3.8) is 0 Å². The Morgan fingerprint density at radius 3 is 1.56 bits per heavy atom. The van der Waals surface area contributed by atoms with Crippen molar-refractivity contribution < 1.29 is 4.48 Å². The molecular weight excluding hydrogens is 304 g/mol. The molecule has 0 heterocycles. The second kappa shape index (κ2) is 7.85. The van der Waals surface area contributed by atoms with Crippen LogP contribution in [-0.4, -0.2) is 30.2 Å². The molecule has 0 bridgehead atoms. The van der Waals surface area contributed by atoms with Gasteiger partial charge in [0.2, 0.25) is 0 Å². The van der Waals surface area contributed by atoms with E-state index in [1.165, 1.54) is 0 Å². The SMILES string of the molecule is CC(C)[N+](C)(CCC(C#N)(c1ccccc1)c1ccccc1)C(C)C. The average Bonchev–Trinajstić information content (AvgIpc) is 2.64. The lowest BCUT2D eigenvalue weighted by atomic mass is 9.73. The second-order valence-corrected chi connectivity index (χ2v) is 7.76. The van der Waals surface area contributed by atoms with E-state index in [2.05, 4.69) is 65.1 Å². The minimum atomic E-state index is -0.605. The zero-order chi connectivity index (χ0) is 18.5. The van der Waals surface area contributed by atoms with E-state index in [0.29, 0.717) is 12.1 Å². The van der Waals surface area contributed by atoms with E-state index in [0.717, 1.165) is 28.6 Å². The van der Waals surface area contributed by atoms with E-state index in [1.54, 1.807) is 0 Å². The molecule has 0 unspecified atom stereocenters. The quantitative estimate of drug-likeness (QED) is 0.642. The van der Waals surface area contributed by atoms with Crippen LogP contribution in [0.3, 0.4) is 0 Å². The lowest BCUT2D eigenvalue weighted by Gasteiger charge is -2.44. The first-order chi connectivity index (χ1) is 11.9. The summed E-state index contributed by atoms with van der Waals surface area (Å²) in [5.41, 5.74) is 1.57. The van der Waals surface area contributed by atoms with Gasteiger partial charge >= 0.3 is 0 Å². The van der Waals surface area contributed by atoms with Crippen LogP contribution in [0.5, 0.6) is 0 Å². The van der Waals surface area contributed by atoms with Crippen LogP contribution in [0.25, 0.3) is 0 Å². The molecule has 132 valence electrons. The fourth-order valence-corrected chi connectivity index (χ4v) is 3.61. The molecular formula is C23H31N2+. The van der Waals surface area contributed by atoms with Crippen LogP contribution in [0.1, 0.15) is 45.2 Å². The predicted molar refractivity (Wildman–Crippen MR) is 105 cm³/mol. The molecule has 2 rings (SSSR count). The minimum absolute atomic E-state index is 0.517. The van der Waals surface area contributed by atoms with Crippen LogP contribution >= 0.6 is 0 Å². The number of nitriles is 1. The van der Waals surface area contributed by atoms with E-state index in [4.69, 9.17) is 0 Å². The summed E-state index contributed by atoms with van der Waals surface area (Å²) in [6.07, 6.45) is 0.810. The standard InChI is InChI=1S/C23H31N2/c1-19(2)25(5,20(3)4)17-16-23(18-24,21-12-8-6-9-13-21)22-14-10-7-11-15-22/h6-15,19-20H,16-17H2,1-5H3/q+1. The molecule has 0 N–H and O–H groups in total. The van der Waals surface area contributed by atoms with E-state index in [9.17, 15) is 5.26 Å². The first kappa shape index (κ1) is 19.2. The third-order valence-electron chi connectivity index (χ3n) is 6.05.